The zero-order valence-electron chi connectivity index (χ0n) is 9.88. The molecule has 0 aliphatic carbocycles. The summed E-state index contributed by atoms with van der Waals surface area (Å²) in [5.41, 5.74) is 1.18. The maximum absolute atomic E-state index is 11.3. The SMILES string of the molecule is O=C(O)C(Nc1cccc(Br)c1)c1cccc(O)c1. The Bertz CT molecular complexity index is 601. The Hall–Kier alpha value is -2.01. The molecule has 0 aliphatic heterocycles. The first kappa shape index (κ1) is 13.4. The molecule has 5 heteroatoms. The van der Waals surface area contributed by atoms with Crippen LogP contribution in [0.4, 0.5) is 5.69 Å². The number of hydrogen-bond donors (Lipinski definition) is 3. The monoisotopic (exact) mass is 321 g/mol. The van der Waals surface area contributed by atoms with Gasteiger partial charge in [0.15, 0.2) is 6.04 Å². The van der Waals surface area contributed by atoms with E-state index in [1.54, 1.807) is 24.3 Å². The second kappa shape index (κ2) is 5.75. The maximum atomic E-state index is 11.3. The smallest absolute Gasteiger partial charge is 0.330 e. The average Bonchev–Trinajstić information content (AvgIpc) is 2.35. The van der Waals surface area contributed by atoms with Gasteiger partial charge in [-0.1, -0.05) is 34.1 Å². The Morgan fingerprint density at radius 3 is 2.53 bits per heavy atom. The molecule has 0 fully saturated rings. The van der Waals surface area contributed by atoms with Crippen LogP contribution in [0.3, 0.4) is 0 Å². The number of aromatic hydroxyl groups is 1. The number of hydrogen-bond acceptors (Lipinski definition) is 3. The summed E-state index contributed by atoms with van der Waals surface area (Å²) < 4.78 is 0.859. The van der Waals surface area contributed by atoms with Crippen molar-refractivity contribution >= 4 is 27.6 Å². The predicted octanol–water partition coefficient (Wildman–Crippen LogP) is 3.39. The Kier molecular flexibility index (Phi) is 4.06. The summed E-state index contributed by atoms with van der Waals surface area (Å²) in [5, 5.41) is 21.6. The largest absolute Gasteiger partial charge is 0.508 e. The van der Waals surface area contributed by atoms with E-state index in [4.69, 9.17) is 0 Å². The topological polar surface area (TPSA) is 69.6 Å². The normalized spacial score (nSPS) is 11.8. The van der Waals surface area contributed by atoms with Crippen LogP contribution in [0.15, 0.2) is 53.0 Å². The van der Waals surface area contributed by atoms with Crippen LogP contribution in [0.1, 0.15) is 11.6 Å². The van der Waals surface area contributed by atoms with Gasteiger partial charge in [0, 0.05) is 10.2 Å². The van der Waals surface area contributed by atoms with Crippen molar-refractivity contribution in [2.75, 3.05) is 5.32 Å². The van der Waals surface area contributed by atoms with Gasteiger partial charge in [0.2, 0.25) is 0 Å². The van der Waals surface area contributed by atoms with E-state index in [1.165, 1.54) is 12.1 Å². The molecule has 0 aliphatic rings. The van der Waals surface area contributed by atoms with E-state index in [0.29, 0.717) is 11.3 Å². The van der Waals surface area contributed by atoms with Crippen LogP contribution >= 0.6 is 15.9 Å². The summed E-state index contributed by atoms with van der Waals surface area (Å²) in [6.07, 6.45) is 0. The van der Waals surface area contributed by atoms with Crippen molar-refractivity contribution in [1.29, 1.82) is 0 Å². The van der Waals surface area contributed by atoms with Crippen molar-refractivity contribution in [2.24, 2.45) is 0 Å². The predicted molar refractivity (Wildman–Crippen MR) is 76.2 cm³/mol. The number of carboxylic acid groups (broad SMARTS) is 1. The number of benzene rings is 2. The van der Waals surface area contributed by atoms with Gasteiger partial charge in [-0.15, -0.1) is 0 Å². The van der Waals surface area contributed by atoms with Crippen molar-refractivity contribution in [1.82, 2.24) is 0 Å². The molecular weight excluding hydrogens is 310 g/mol. The highest BCUT2D eigenvalue weighted by Crippen LogP contribution is 2.24. The van der Waals surface area contributed by atoms with Crippen LogP contribution < -0.4 is 5.32 Å². The van der Waals surface area contributed by atoms with Crippen LogP contribution in [-0.2, 0) is 4.79 Å². The number of phenolic OH excluding ortho intramolecular Hbond substituents is 1. The van der Waals surface area contributed by atoms with Gasteiger partial charge in [-0.25, -0.2) is 4.79 Å². The minimum atomic E-state index is -1.01. The van der Waals surface area contributed by atoms with Gasteiger partial charge in [-0.05, 0) is 35.9 Å². The molecule has 0 bridgehead atoms. The van der Waals surface area contributed by atoms with Crippen LogP contribution in [-0.4, -0.2) is 16.2 Å². The van der Waals surface area contributed by atoms with Crippen LogP contribution in [0.25, 0.3) is 0 Å². The van der Waals surface area contributed by atoms with Gasteiger partial charge < -0.3 is 15.5 Å². The molecule has 0 aromatic heterocycles. The molecule has 0 saturated carbocycles. The number of phenols is 1. The molecule has 0 amide bonds. The van der Waals surface area contributed by atoms with Crippen molar-refractivity contribution in [3.63, 3.8) is 0 Å². The van der Waals surface area contributed by atoms with Gasteiger partial charge in [0.05, 0.1) is 0 Å². The van der Waals surface area contributed by atoms with E-state index >= 15 is 0 Å². The molecule has 2 rings (SSSR count). The highest BCUT2D eigenvalue weighted by molar-refractivity contribution is 9.10. The fraction of sp³-hybridized carbons (Fsp3) is 0.0714. The number of aliphatic carboxylic acids is 1. The first-order valence-corrected chi connectivity index (χ1v) is 6.39. The molecule has 2 aromatic rings. The Balaban J connectivity index is 2.29. The third kappa shape index (κ3) is 3.48. The van der Waals surface area contributed by atoms with Crippen molar-refractivity contribution in [3.05, 3.63) is 58.6 Å². The molecule has 3 N–H and O–H groups in total. The first-order chi connectivity index (χ1) is 9.06. The lowest BCUT2D eigenvalue weighted by atomic mass is 10.1. The number of carbonyl (C=O) groups is 1. The summed E-state index contributed by atoms with van der Waals surface area (Å²) >= 11 is 3.33. The van der Waals surface area contributed by atoms with Crippen LogP contribution in [0, 0.1) is 0 Å². The summed E-state index contributed by atoms with van der Waals surface area (Å²) in [7, 11) is 0. The van der Waals surface area contributed by atoms with Crippen molar-refractivity contribution < 1.29 is 15.0 Å². The van der Waals surface area contributed by atoms with E-state index in [0.717, 1.165) is 4.47 Å². The van der Waals surface area contributed by atoms with E-state index in [9.17, 15) is 15.0 Å². The summed E-state index contributed by atoms with van der Waals surface area (Å²) in [6.45, 7) is 0. The van der Waals surface area contributed by atoms with Crippen molar-refractivity contribution in [3.8, 4) is 5.75 Å². The molecule has 4 nitrogen and oxygen atoms in total. The molecule has 1 atom stereocenters. The molecule has 98 valence electrons. The third-order valence-electron chi connectivity index (χ3n) is 2.59. The first-order valence-electron chi connectivity index (χ1n) is 5.60. The lowest BCUT2D eigenvalue weighted by Gasteiger charge is -2.16. The molecule has 0 saturated heterocycles. The Morgan fingerprint density at radius 1 is 1.16 bits per heavy atom. The van der Waals surface area contributed by atoms with Crippen LogP contribution in [0.2, 0.25) is 0 Å². The van der Waals surface area contributed by atoms with Crippen LogP contribution in [0.5, 0.6) is 5.75 Å². The highest BCUT2D eigenvalue weighted by atomic mass is 79.9. The Morgan fingerprint density at radius 2 is 1.89 bits per heavy atom. The molecule has 19 heavy (non-hydrogen) atoms. The van der Waals surface area contributed by atoms with Gasteiger partial charge in [-0.2, -0.15) is 0 Å². The van der Waals surface area contributed by atoms with Gasteiger partial charge in [0.1, 0.15) is 5.75 Å². The molecule has 0 spiro atoms. The zero-order chi connectivity index (χ0) is 13.8. The number of rotatable bonds is 4. The fourth-order valence-corrected chi connectivity index (χ4v) is 2.14. The van der Waals surface area contributed by atoms with E-state index in [-0.39, 0.29) is 5.75 Å². The summed E-state index contributed by atoms with van der Waals surface area (Å²) in [6, 6.07) is 12.5. The summed E-state index contributed by atoms with van der Waals surface area (Å²) in [5.74, 6) is -0.967. The van der Waals surface area contributed by atoms with Crippen molar-refractivity contribution in [2.45, 2.75) is 6.04 Å². The van der Waals surface area contributed by atoms with E-state index < -0.39 is 12.0 Å². The Labute approximate surface area is 118 Å². The second-order valence-electron chi connectivity index (χ2n) is 4.02. The fourth-order valence-electron chi connectivity index (χ4n) is 1.74. The molecule has 0 heterocycles. The summed E-state index contributed by atoms with van der Waals surface area (Å²) in [4.78, 5) is 11.3. The third-order valence-corrected chi connectivity index (χ3v) is 3.08. The minimum Gasteiger partial charge on any atom is -0.508 e. The number of anilines is 1. The second-order valence-corrected chi connectivity index (χ2v) is 4.94. The van der Waals surface area contributed by atoms with Gasteiger partial charge >= 0.3 is 5.97 Å². The quantitative estimate of drug-likeness (QED) is 0.807. The lowest BCUT2D eigenvalue weighted by molar-refractivity contribution is -0.138. The molecule has 0 radical (unpaired) electrons. The molecular formula is C14H12BrNO3. The standard InChI is InChI=1S/C14H12BrNO3/c15-10-4-2-5-11(8-10)16-13(14(18)19)9-3-1-6-12(17)7-9/h1-8,13,16-17H,(H,18,19). The van der Waals surface area contributed by atoms with Gasteiger partial charge in [-0.3, -0.25) is 0 Å². The highest BCUT2D eigenvalue weighted by Gasteiger charge is 2.19. The molecule has 2 aromatic carbocycles. The zero-order valence-corrected chi connectivity index (χ0v) is 11.5. The minimum absolute atomic E-state index is 0.0415. The van der Waals surface area contributed by atoms with Gasteiger partial charge in [0.25, 0.3) is 0 Å². The van der Waals surface area contributed by atoms with E-state index in [1.807, 2.05) is 12.1 Å². The number of carboxylic acids is 1. The maximum Gasteiger partial charge on any atom is 0.330 e. The number of halogens is 1. The lowest BCUT2D eigenvalue weighted by Crippen LogP contribution is -2.20. The number of nitrogens with one attached hydrogen (secondary N) is 1. The average molecular weight is 322 g/mol. The molecule has 1 unspecified atom stereocenters. The van der Waals surface area contributed by atoms with E-state index in [2.05, 4.69) is 21.2 Å².